The predicted octanol–water partition coefficient (Wildman–Crippen LogP) is 2.62. The van der Waals surface area contributed by atoms with Crippen LogP contribution in [0.4, 0.5) is 0 Å². The van der Waals surface area contributed by atoms with Crippen molar-refractivity contribution in [2.24, 2.45) is 0 Å². The molecule has 1 amide bonds. The van der Waals surface area contributed by atoms with E-state index in [1.165, 1.54) is 19.1 Å². The zero-order chi connectivity index (χ0) is 34.4. The molecule has 0 aliphatic carbocycles. The van der Waals surface area contributed by atoms with Gasteiger partial charge in [-0.2, -0.15) is 8.42 Å². The van der Waals surface area contributed by atoms with Gasteiger partial charge < -0.3 is 24.3 Å². The molecule has 1 aromatic heterocycles. The van der Waals surface area contributed by atoms with Crippen LogP contribution in [0.1, 0.15) is 70.6 Å². The van der Waals surface area contributed by atoms with Gasteiger partial charge in [0.25, 0.3) is 10.1 Å². The minimum absolute atomic E-state index is 0.0836. The maximum absolute atomic E-state index is 12.9. The van der Waals surface area contributed by atoms with E-state index in [1.807, 2.05) is 13.1 Å². The normalized spacial score (nSPS) is 21.0. The summed E-state index contributed by atoms with van der Waals surface area (Å²) < 4.78 is 56.0. The lowest BCUT2D eigenvalue weighted by molar-refractivity contribution is -0.275. The van der Waals surface area contributed by atoms with E-state index in [2.05, 4.69) is 21.5 Å². The number of nitrogens with zero attached hydrogens (tertiary/aromatic N) is 3. The van der Waals surface area contributed by atoms with E-state index in [9.17, 15) is 22.8 Å². The summed E-state index contributed by atoms with van der Waals surface area (Å²) in [5.74, 6) is 0.672. The first kappa shape index (κ1) is 37.6. The van der Waals surface area contributed by atoms with Crippen LogP contribution in [0.15, 0.2) is 35.4 Å². The first-order chi connectivity index (χ1) is 22.4. The molecular weight excluding hydrogens is 632 g/mol. The van der Waals surface area contributed by atoms with Crippen molar-refractivity contribution >= 4 is 28.0 Å². The van der Waals surface area contributed by atoms with Gasteiger partial charge in [-0.25, -0.2) is 0 Å². The highest BCUT2D eigenvalue weighted by atomic mass is 32.2. The van der Waals surface area contributed by atoms with E-state index in [0.717, 1.165) is 63.6 Å². The number of unbranched alkanes of at least 4 members (excludes halogenated alkanes) is 4. The van der Waals surface area contributed by atoms with Crippen LogP contribution >= 0.6 is 0 Å². The van der Waals surface area contributed by atoms with Gasteiger partial charge in [-0.15, -0.1) is 17.4 Å². The Labute approximate surface area is 275 Å². The SMILES string of the molecule is C#CCCCCCCc1cn(CCCO[C@H]2O[C@H](COS(=O)(=O)c3ccc(C)cc3)[C@@H](OC(C)=O)[C@H](OC(C)=O)[C@H]2NC(C)=O)nn1. The summed E-state index contributed by atoms with van der Waals surface area (Å²) in [6, 6.07) is 4.94. The van der Waals surface area contributed by atoms with Gasteiger partial charge in [-0.1, -0.05) is 35.8 Å². The summed E-state index contributed by atoms with van der Waals surface area (Å²) in [5.41, 5.74) is 1.74. The second kappa shape index (κ2) is 18.5. The minimum atomic E-state index is -4.24. The van der Waals surface area contributed by atoms with Crippen LogP contribution in [0.3, 0.4) is 0 Å². The third kappa shape index (κ3) is 12.4. The molecule has 0 bridgehead atoms. The quantitative estimate of drug-likeness (QED) is 0.106. The lowest BCUT2D eigenvalue weighted by atomic mass is 9.96. The van der Waals surface area contributed by atoms with Crippen LogP contribution in [0.5, 0.6) is 0 Å². The first-order valence-corrected chi connectivity index (χ1v) is 17.0. The fourth-order valence-corrected chi connectivity index (χ4v) is 5.96. The van der Waals surface area contributed by atoms with Gasteiger partial charge in [0.2, 0.25) is 5.91 Å². The molecular formula is C32H44N4O10S. The third-order valence-electron chi connectivity index (χ3n) is 7.22. The fraction of sp³-hybridized carbons (Fsp3) is 0.594. The van der Waals surface area contributed by atoms with Crippen LogP contribution in [0.25, 0.3) is 0 Å². The zero-order valence-corrected chi connectivity index (χ0v) is 28.1. The number of aryl methyl sites for hydroxylation is 3. The number of ether oxygens (including phenoxy) is 4. The van der Waals surface area contributed by atoms with Crippen molar-refractivity contribution in [2.45, 2.75) is 115 Å². The maximum Gasteiger partial charge on any atom is 0.303 e. The number of esters is 2. The Bertz CT molecular complexity index is 1470. The first-order valence-electron chi connectivity index (χ1n) is 15.6. The molecule has 5 atom stereocenters. The van der Waals surface area contributed by atoms with Crippen LogP contribution < -0.4 is 5.32 Å². The van der Waals surface area contributed by atoms with Crippen molar-refractivity contribution in [3.05, 3.63) is 41.7 Å². The maximum atomic E-state index is 12.9. The highest BCUT2D eigenvalue weighted by Crippen LogP contribution is 2.29. The number of carbonyl (C=O) groups is 3. The second-order valence-electron chi connectivity index (χ2n) is 11.3. The highest BCUT2D eigenvalue weighted by molar-refractivity contribution is 7.86. The van der Waals surface area contributed by atoms with Gasteiger partial charge >= 0.3 is 11.9 Å². The van der Waals surface area contributed by atoms with E-state index in [-0.39, 0.29) is 11.5 Å². The van der Waals surface area contributed by atoms with Crippen LogP contribution in [0.2, 0.25) is 0 Å². The fourth-order valence-electron chi connectivity index (χ4n) is 5.04. The molecule has 2 aromatic rings. The van der Waals surface area contributed by atoms with E-state index >= 15 is 0 Å². The molecule has 1 saturated heterocycles. The van der Waals surface area contributed by atoms with Gasteiger partial charge in [0.15, 0.2) is 18.5 Å². The molecule has 0 spiro atoms. The number of aromatic nitrogens is 3. The monoisotopic (exact) mass is 676 g/mol. The largest absolute Gasteiger partial charge is 0.456 e. The average Bonchev–Trinajstić information content (AvgIpc) is 3.46. The third-order valence-corrected chi connectivity index (χ3v) is 8.52. The molecule has 47 heavy (non-hydrogen) atoms. The lowest BCUT2D eigenvalue weighted by Crippen LogP contribution is -2.66. The minimum Gasteiger partial charge on any atom is -0.456 e. The average molecular weight is 677 g/mol. The molecule has 15 heteroatoms. The van der Waals surface area contributed by atoms with E-state index in [1.54, 1.807) is 16.8 Å². The molecule has 2 heterocycles. The number of carbonyl (C=O) groups excluding carboxylic acids is 3. The molecule has 1 aliphatic heterocycles. The topological polar surface area (TPSA) is 174 Å². The zero-order valence-electron chi connectivity index (χ0n) is 27.3. The summed E-state index contributed by atoms with van der Waals surface area (Å²) in [6.07, 6.45) is 8.26. The van der Waals surface area contributed by atoms with Crippen LogP contribution in [-0.2, 0) is 60.6 Å². The molecule has 1 aromatic carbocycles. The van der Waals surface area contributed by atoms with E-state index in [4.69, 9.17) is 29.6 Å². The number of rotatable bonds is 18. The van der Waals surface area contributed by atoms with Crippen molar-refractivity contribution in [1.82, 2.24) is 20.3 Å². The molecule has 258 valence electrons. The molecule has 1 N–H and O–H groups in total. The molecule has 3 rings (SSSR count). The summed E-state index contributed by atoms with van der Waals surface area (Å²) in [4.78, 5) is 36.4. The molecule has 0 radical (unpaired) electrons. The second-order valence-corrected chi connectivity index (χ2v) is 12.9. The Balaban J connectivity index is 1.70. The van der Waals surface area contributed by atoms with Gasteiger partial charge in [0.1, 0.15) is 12.1 Å². The Morgan fingerprint density at radius 1 is 1.00 bits per heavy atom. The van der Waals surface area contributed by atoms with Crippen molar-refractivity contribution in [3.8, 4) is 12.3 Å². The Morgan fingerprint density at radius 2 is 1.68 bits per heavy atom. The highest BCUT2D eigenvalue weighted by Gasteiger charge is 2.51. The van der Waals surface area contributed by atoms with Crippen molar-refractivity contribution in [3.63, 3.8) is 0 Å². The number of hydrogen-bond donors (Lipinski definition) is 1. The van der Waals surface area contributed by atoms with Crippen molar-refractivity contribution < 1.29 is 45.9 Å². The Kier molecular flexibility index (Phi) is 14.8. The number of terminal acetylenes is 1. The van der Waals surface area contributed by atoms with Gasteiger partial charge in [0, 0.05) is 39.9 Å². The smallest absolute Gasteiger partial charge is 0.303 e. The molecule has 14 nitrogen and oxygen atoms in total. The molecule has 0 unspecified atom stereocenters. The molecule has 1 fully saturated rings. The van der Waals surface area contributed by atoms with Gasteiger partial charge in [-0.05, 0) is 44.7 Å². The summed E-state index contributed by atoms with van der Waals surface area (Å²) in [5, 5.41) is 11.1. The number of amides is 1. The standard InChI is InChI=1S/C32H44N4O10S/c1-6-7-8-9-10-11-13-26-20-36(35-34-26)18-12-19-42-32-29(33-23(3)37)31(45-25(5)39)30(44-24(4)38)28(46-32)21-43-47(40,41)27-16-14-22(2)15-17-27/h1,14-17,20,28-32H,7-13,18-19,21H2,2-5H3,(H,33,37)/t28-,29-,30-,31-,32+/m1/s1. The lowest BCUT2D eigenvalue weighted by Gasteiger charge is -2.45. The van der Waals surface area contributed by atoms with E-state index < -0.39 is 65.2 Å². The number of nitrogens with one attached hydrogen (secondary N) is 1. The number of benzene rings is 1. The predicted molar refractivity (Wildman–Crippen MR) is 168 cm³/mol. The van der Waals surface area contributed by atoms with Crippen molar-refractivity contribution in [2.75, 3.05) is 13.2 Å². The van der Waals surface area contributed by atoms with E-state index in [0.29, 0.717) is 13.0 Å². The molecule has 0 saturated carbocycles. The Morgan fingerprint density at radius 3 is 2.34 bits per heavy atom. The summed E-state index contributed by atoms with van der Waals surface area (Å²) in [7, 11) is -4.24. The van der Waals surface area contributed by atoms with Crippen LogP contribution in [-0.4, -0.2) is 85.1 Å². The van der Waals surface area contributed by atoms with Gasteiger partial charge in [-0.3, -0.25) is 23.2 Å². The molecule has 1 aliphatic rings. The summed E-state index contributed by atoms with van der Waals surface area (Å²) >= 11 is 0. The van der Waals surface area contributed by atoms with Crippen LogP contribution in [0, 0.1) is 19.3 Å². The number of hydrogen-bond acceptors (Lipinski definition) is 12. The van der Waals surface area contributed by atoms with Gasteiger partial charge in [0.05, 0.1) is 23.8 Å². The summed E-state index contributed by atoms with van der Waals surface area (Å²) in [6.45, 7) is 5.34. The Hall–Kier alpha value is -3.84. The van der Waals surface area contributed by atoms with Crippen molar-refractivity contribution in [1.29, 1.82) is 0 Å².